The van der Waals surface area contributed by atoms with E-state index in [2.05, 4.69) is 43.6 Å². The fourth-order valence-electron chi connectivity index (χ4n) is 2.50. The van der Waals surface area contributed by atoms with Crippen LogP contribution in [0, 0.1) is 0 Å². The van der Waals surface area contributed by atoms with Crippen molar-refractivity contribution < 1.29 is 4.74 Å². The molecule has 3 heteroatoms. The highest BCUT2D eigenvalue weighted by atomic mass is 32.2. The summed E-state index contributed by atoms with van der Waals surface area (Å²) in [6.45, 7) is 6.37. The maximum Gasteiger partial charge on any atom is 0.123 e. The van der Waals surface area contributed by atoms with Gasteiger partial charge >= 0.3 is 0 Å². The normalized spacial score (nSPS) is 16.2. The van der Waals surface area contributed by atoms with Gasteiger partial charge in [-0.1, -0.05) is 12.1 Å². The van der Waals surface area contributed by atoms with Crippen LogP contribution in [-0.4, -0.2) is 24.2 Å². The van der Waals surface area contributed by atoms with Crippen molar-refractivity contribution in [3.8, 4) is 5.75 Å². The van der Waals surface area contributed by atoms with E-state index in [1.807, 2.05) is 11.8 Å². The second-order valence-corrected chi connectivity index (χ2v) is 6.84. The number of fused-ring (bicyclic) bond motifs is 1. The molecule has 1 aromatic rings. The second-order valence-electron chi connectivity index (χ2n) is 5.86. The molecule has 2 rings (SSSR count). The van der Waals surface area contributed by atoms with Crippen molar-refractivity contribution in [2.45, 2.75) is 45.3 Å². The Morgan fingerprint density at radius 1 is 1.32 bits per heavy atom. The lowest BCUT2D eigenvalue weighted by Crippen LogP contribution is -2.24. The summed E-state index contributed by atoms with van der Waals surface area (Å²) < 4.78 is 5.90. The lowest BCUT2D eigenvalue weighted by Gasteiger charge is -2.16. The Morgan fingerprint density at radius 3 is 2.95 bits per heavy atom. The van der Waals surface area contributed by atoms with Crippen LogP contribution in [0.3, 0.4) is 0 Å². The first-order valence-corrected chi connectivity index (χ1v) is 8.50. The number of thioether (sulfide) groups is 1. The molecule has 1 heterocycles. The van der Waals surface area contributed by atoms with Crippen LogP contribution < -0.4 is 10.1 Å². The standard InChI is InChI=1S/C16H25NOS/c1-16(2)11-14-10-13(6-7-15(14)18-16)12-17-8-4-5-9-19-3/h6-7,10,17H,4-5,8-9,11-12H2,1-3H3. The molecule has 1 aliphatic heterocycles. The molecular weight excluding hydrogens is 254 g/mol. The first-order chi connectivity index (χ1) is 9.11. The Kier molecular flexibility index (Phi) is 5.17. The zero-order valence-corrected chi connectivity index (χ0v) is 13.1. The summed E-state index contributed by atoms with van der Waals surface area (Å²) in [4.78, 5) is 0. The van der Waals surface area contributed by atoms with Gasteiger partial charge in [-0.3, -0.25) is 0 Å². The highest BCUT2D eigenvalue weighted by molar-refractivity contribution is 7.98. The average molecular weight is 279 g/mol. The molecule has 1 N–H and O–H groups in total. The average Bonchev–Trinajstić information content (AvgIpc) is 2.66. The van der Waals surface area contributed by atoms with E-state index in [0.717, 1.165) is 25.3 Å². The van der Waals surface area contributed by atoms with E-state index in [9.17, 15) is 0 Å². The van der Waals surface area contributed by atoms with Gasteiger partial charge in [0.2, 0.25) is 0 Å². The van der Waals surface area contributed by atoms with Gasteiger partial charge in [0.1, 0.15) is 11.4 Å². The third-order valence-electron chi connectivity index (χ3n) is 3.41. The SMILES string of the molecule is CSCCCCNCc1ccc2c(c1)CC(C)(C)O2. The van der Waals surface area contributed by atoms with Gasteiger partial charge in [0.25, 0.3) is 0 Å². The van der Waals surface area contributed by atoms with Crippen molar-refractivity contribution in [2.24, 2.45) is 0 Å². The Hall–Kier alpha value is -0.670. The minimum atomic E-state index is -0.0355. The van der Waals surface area contributed by atoms with Crippen molar-refractivity contribution in [2.75, 3.05) is 18.6 Å². The van der Waals surface area contributed by atoms with Crippen LogP contribution in [-0.2, 0) is 13.0 Å². The molecule has 1 aromatic carbocycles. The van der Waals surface area contributed by atoms with Gasteiger partial charge in [-0.05, 0) is 62.4 Å². The van der Waals surface area contributed by atoms with Gasteiger partial charge in [-0.2, -0.15) is 11.8 Å². The molecule has 0 aromatic heterocycles. The predicted octanol–water partition coefficient (Wildman–Crippen LogP) is 3.63. The lowest BCUT2D eigenvalue weighted by atomic mass is 10.0. The number of unbranched alkanes of at least 4 members (excludes halogenated alkanes) is 1. The summed E-state index contributed by atoms with van der Waals surface area (Å²) >= 11 is 1.93. The van der Waals surface area contributed by atoms with E-state index in [1.54, 1.807) is 0 Å². The van der Waals surface area contributed by atoms with E-state index in [-0.39, 0.29) is 5.60 Å². The molecule has 0 bridgehead atoms. The fourth-order valence-corrected chi connectivity index (χ4v) is 2.99. The summed E-state index contributed by atoms with van der Waals surface area (Å²) in [6.07, 6.45) is 5.76. The molecule has 0 fully saturated rings. The van der Waals surface area contributed by atoms with Gasteiger partial charge in [-0.25, -0.2) is 0 Å². The first kappa shape index (κ1) is 14.7. The Morgan fingerprint density at radius 2 is 2.16 bits per heavy atom. The van der Waals surface area contributed by atoms with Crippen molar-refractivity contribution in [1.29, 1.82) is 0 Å². The maximum atomic E-state index is 5.90. The van der Waals surface area contributed by atoms with Gasteiger partial charge in [-0.15, -0.1) is 0 Å². The molecule has 0 saturated carbocycles. The number of hydrogen-bond acceptors (Lipinski definition) is 3. The van der Waals surface area contributed by atoms with Crippen LogP contribution in [0.5, 0.6) is 5.75 Å². The second kappa shape index (κ2) is 6.67. The third-order valence-corrected chi connectivity index (χ3v) is 4.11. The highest BCUT2D eigenvalue weighted by Gasteiger charge is 2.29. The molecule has 0 atom stereocenters. The molecule has 0 amide bonds. The van der Waals surface area contributed by atoms with Crippen molar-refractivity contribution >= 4 is 11.8 Å². The van der Waals surface area contributed by atoms with Gasteiger partial charge < -0.3 is 10.1 Å². The van der Waals surface area contributed by atoms with E-state index in [0.29, 0.717) is 0 Å². The van der Waals surface area contributed by atoms with Crippen LogP contribution in [0.15, 0.2) is 18.2 Å². The Balaban J connectivity index is 1.77. The zero-order chi connectivity index (χ0) is 13.7. The molecule has 19 heavy (non-hydrogen) atoms. The summed E-state index contributed by atoms with van der Waals surface area (Å²) in [5, 5.41) is 3.52. The molecular formula is C16H25NOS. The van der Waals surface area contributed by atoms with Crippen LogP contribution in [0.2, 0.25) is 0 Å². The number of hydrogen-bond donors (Lipinski definition) is 1. The van der Waals surface area contributed by atoms with Crippen molar-refractivity contribution in [1.82, 2.24) is 5.32 Å². The van der Waals surface area contributed by atoms with E-state index >= 15 is 0 Å². The van der Waals surface area contributed by atoms with Crippen molar-refractivity contribution in [3.63, 3.8) is 0 Å². The summed E-state index contributed by atoms with van der Waals surface area (Å²) in [6, 6.07) is 6.59. The van der Waals surface area contributed by atoms with E-state index in [1.165, 1.54) is 29.7 Å². The topological polar surface area (TPSA) is 21.3 Å². The first-order valence-electron chi connectivity index (χ1n) is 7.11. The predicted molar refractivity (Wildman–Crippen MR) is 84.2 cm³/mol. The summed E-state index contributed by atoms with van der Waals surface area (Å²) in [7, 11) is 0. The molecule has 0 spiro atoms. The van der Waals surface area contributed by atoms with Gasteiger partial charge in [0.05, 0.1) is 0 Å². The molecule has 0 saturated heterocycles. The molecule has 0 unspecified atom stereocenters. The quantitative estimate of drug-likeness (QED) is 0.770. The summed E-state index contributed by atoms with van der Waals surface area (Å²) in [5.74, 6) is 2.33. The minimum absolute atomic E-state index is 0.0355. The largest absolute Gasteiger partial charge is 0.487 e. The Bertz CT molecular complexity index is 417. The van der Waals surface area contributed by atoms with Crippen molar-refractivity contribution in [3.05, 3.63) is 29.3 Å². The number of nitrogens with one attached hydrogen (secondary N) is 1. The van der Waals surface area contributed by atoms with Crippen LogP contribution >= 0.6 is 11.8 Å². The molecule has 0 radical (unpaired) electrons. The molecule has 1 aliphatic rings. The Labute approximate surface area is 121 Å². The smallest absolute Gasteiger partial charge is 0.123 e. The van der Waals surface area contributed by atoms with Gasteiger partial charge in [0, 0.05) is 13.0 Å². The van der Waals surface area contributed by atoms with Crippen LogP contribution in [0.25, 0.3) is 0 Å². The van der Waals surface area contributed by atoms with Gasteiger partial charge in [0.15, 0.2) is 0 Å². The number of benzene rings is 1. The van der Waals surface area contributed by atoms with Crippen LogP contribution in [0.4, 0.5) is 0 Å². The van der Waals surface area contributed by atoms with Crippen LogP contribution in [0.1, 0.15) is 37.8 Å². The molecule has 2 nitrogen and oxygen atoms in total. The number of rotatable bonds is 7. The van der Waals surface area contributed by atoms with E-state index < -0.39 is 0 Å². The molecule has 106 valence electrons. The maximum absolute atomic E-state index is 5.90. The monoisotopic (exact) mass is 279 g/mol. The lowest BCUT2D eigenvalue weighted by molar-refractivity contribution is 0.138. The highest BCUT2D eigenvalue weighted by Crippen LogP contribution is 2.35. The summed E-state index contributed by atoms with van der Waals surface area (Å²) in [5.41, 5.74) is 2.68. The molecule has 0 aliphatic carbocycles. The van der Waals surface area contributed by atoms with E-state index in [4.69, 9.17) is 4.74 Å². The number of ether oxygens (including phenoxy) is 1. The zero-order valence-electron chi connectivity index (χ0n) is 12.3. The fraction of sp³-hybridized carbons (Fsp3) is 0.625. The minimum Gasteiger partial charge on any atom is -0.487 e. The third kappa shape index (κ3) is 4.43.